The van der Waals surface area contributed by atoms with Crippen LogP contribution < -0.4 is 27.8 Å². The maximum absolute atomic E-state index is 11.4. The molecule has 0 aromatic heterocycles. The zero-order valence-corrected chi connectivity index (χ0v) is 10.1. The number of rotatable bonds is 6. The quantitative estimate of drug-likeness (QED) is 0.443. The van der Waals surface area contributed by atoms with E-state index in [1.54, 1.807) is 0 Å². The number of amides is 3. The molecule has 3 amide bonds. The van der Waals surface area contributed by atoms with Crippen molar-refractivity contribution in [3.05, 3.63) is 23.8 Å². The second-order valence-corrected chi connectivity index (χ2v) is 3.93. The highest BCUT2D eigenvalue weighted by Crippen LogP contribution is 2.22. The van der Waals surface area contributed by atoms with Gasteiger partial charge >= 0.3 is 0 Å². The number of anilines is 2. The summed E-state index contributed by atoms with van der Waals surface area (Å²) in [6.07, 6.45) is 0. The fourth-order valence-corrected chi connectivity index (χ4v) is 1.63. The molecule has 1 aromatic rings. The molecule has 0 aliphatic rings. The Balaban J connectivity index is 3.24. The molecule has 0 saturated carbocycles. The van der Waals surface area contributed by atoms with Crippen LogP contribution in [0.2, 0.25) is 0 Å². The van der Waals surface area contributed by atoms with Crippen LogP contribution in [0.5, 0.6) is 0 Å². The summed E-state index contributed by atoms with van der Waals surface area (Å²) in [6, 6.07) is 4.34. The average molecular weight is 265 g/mol. The van der Waals surface area contributed by atoms with Crippen molar-refractivity contribution in [3.63, 3.8) is 0 Å². The maximum atomic E-state index is 11.4. The van der Waals surface area contributed by atoms with Gasteiger partial charge in [0.25, 0.3) is 5.91 Å². The molecule has 0 heterocycles. The Bertz CT molecular complexity index is 513. The summed E-state index contributed by atoms with van der Waals surface area (Å²) >= 11 is 0. The molecule has 0 aliphatic heterocycles. The summed E-state index contributed by atoms with van der Waals surface area (Å²) in [5, 5.41) is 0. The molecule has 1 rings (SSSR count). The first-order valence-electron chi connectivity index (χ1n) is 5.32. The smallest absolute Gasteiger partial charge is 0.250 e. The van der Waals surface area contributed by atoms with Crippen molar-refractivity contribution in [1.29, 1.82) is 0 Å². The summed E-state index contributed by atoms with van der Waals surface area (Å²) in [5.74, 6) is -2.08. The lowest BCUT2D eigenvalue weighted by atomic mass is 10.1. The highest BCUT2D eigenvalue weighted by molar-refractivity contribution is 6.01. The van der Waals surface area contributed by atoms with Crippen molar-refractivity contribution in [1.82, 2.24) is 0 Å². The predicted molar refractivity (Wildman–Crippen MR) is 70.0 cm³/mol. The molecule has 0 spiro atoms. The van der Waals surface area contributed by atoms with Crippen molar-refractivity contribution < 1.29 is 14.4 Å². The molecule has 102 valence electrons. The molecular formula is C11H15N5O3. The third-order valence-corrected chi connectivity index (χ3v) is 2.32. The Morgan fingerprint density at radius 3 is 1.95 bits per heavy atom. The van der Waals surface area contributed by atoms with E-state index in [0.717, 1.165) is 0 Å². The predicted octanol–water partition coefficient (Wildman–Crippen LogP) is -1.86. The molecule has 0 bridgehead atoms. The third kappa shape index (κ3) is 3.87. The lowest BCUT2D eigenvalue weighted by molar-refractivity contribution is -0.117. The van der Waals surface area contributed by atoms with E-state index in [1.807, 2.05) is 0 Å². The van der Waals surface area contributed by atoms with Crippen molar-refractivity contribution in [2.45, 2.75) is 0 Å². The summed E-state index contributed by atoms with van der Waals surface area (Å²) in [7, 11) is 0. The second kappa shape index (κ2) is 5.71. The second-order valence-electron chi connectivity index (χ2n) is 3.93. The van der Waals surface area contributed by atoms with Gasteiger partial charge in [-0.2, -0.15) is 0 Å². The van der Waals surface area contributed by atoms with Crippen LogP contribution in [0.15, 0.2) is 18.2 Å². The van der Waals surface area contributed by atoms with Crippen LogP contribution in [0.25, 0.3) is 0 Å². The molecule has 0 fully saturated rings. The number of nitrogens with zero attached hydrogens (tertiary/aromatic N) is 1. The number of hydrogen-bond donors (Lipinski definition) is 4. The summed E-state index contributed by atoms with van der Waals surface area (Å²) in [6.45, 7) is -0.541. The van der Waals surface area contributed by atoms with Gasteiger partial charge in [-0.25, -0.2) is 0 Å². The van der Waals surface area contributed by atoms with Crippen molar-refractivity contribution >= 4 is 29.1 Å². The maximum Gasteiger partial charge on any atom is 0.250 e. The average Bonchev–Trinajstić information content (AvgIpc) is 2.26. The molecular weight excluding hydrogens is 250 g/mol. The minimum absolute atomic E-state index is 0.0856. The molecule has 0 unspecified atom stereocenters. The Morgan fingerprint density at radius 1 is 1.00 bits per heavy atom. The number of hydrogen-bond acceptors (Lipinski definition) is 5. The SMILES string of the molecule is NC(=O)CN(CC(N)=O)c1ccc(N)cc1C(N)=O. The molecule has 0 radical (unpaired) electrons. The van der Waals surface area contributed by atoms with Gasteiger partial charge < -0.3 is 27.8 Å². The number of primary amides is 3. The van der Waals surface area contributed by atoms with E-state index in [-0.39, 0.29) is 24.3 Å². The van der Waals surface area contributed by atoms with E-state index in [2.05, 4.69) is 0 Å². The molecule has 19 heavy (non-hydrogen) atoms. The standard InChI is InChI=1S/C11H15N5O3/c12-6-1-2-8(7(3-6)11(15)19)16(4-9(13)17)5-10(14)18/h1-3H,4-5,12H2,(H2,13,17)(H2,14,18)(H2,15,19). The molecule has 0 saturated heterocycles. The highest BCUT2D eigenvalue weighted by Gasteiger charge is 2.18. The molecule has 0 atom stereocenters. The van der Waals surface area contributed by atoms with E-state index in [0.29, 0.717) is 5.69 Å². The van der Waals surface area contributed by atoms with Crippen LogP contribution in [0.1, 0.15) is 10.4 Å². The fourth-order valence-electron chi connectivity index (χ4n) is 1.63. The van der Waals surface area contributed by atoms with Crippen LogP contribution in [0.3, 0.4) is 0 Å². The number of benzene rings is 1. The van der Waals surface area contributed by atoms with Crippen LogP contribution in [0.4, 0.5) is 11.4 Å². The number of carbonyl (C=O) groups is 3. The first-order chi connectivity index (χ1) is 8.81. The van der Waals surface area contributed by atoms with Crippen molar-refractivity contribution in [2.24, 2.45) is 17.2 Å². The van der Waals surface area contributed by atoms with E-state index < -0.39 is 17.7 Å². The Kier molecular flexibility index (Phi) is 4.30. The van der Waals surface area contributed by atoms with Crippen LogP contribution in [0, 0.1) is 0 Å². The summed E-state index contributed by atoms with van der Waals surface area (Å²) in [5.41, 5.74) is 21.7. The van der Waals surface area contributed by atoms with Crippen LogP contribution >= 0.6 is 0 Å². The van der Waals surface area contributed by atoms with Crippen LogP contribution in [-0.2, 0) is 9.59 Å². The largest absolute Gasteiger partial charge is 0.399 e. The first kappa shape index (κ1) is 14.3. The third-order valence-electron chi connectivity index (χ3n) is 2.32. The molecule has 8 heteroatoms. The van der Waals surface area contributed by atoms with Gasteiger partial charge in [-0.1, -0.05) is 0 Å². The molecule has 0 aliphatic carbocycles. The zero-order chi connectivity index (χ0) is 14.6. The zero-order valence-electron chi connectivity index (χ0n) is 10.1. The Morgan fingerprint density at radius 2 is 1.53 bits per heavy atom. The lowest BCUT2D eigenvalue weighted by Crippen LogP contribution is -2.40. The topological polar surface area (TPSA) is 159 Å². The van der Waals surface area contributed by atoms with Gasteiger partial charge in [-0.3, -0.25) is 14.4 Å². The first-order valence-corrected chi connectivity index (χ1v) is 5.32. The van der Waals surface area contributed by atoms with E-state index in [4.69, 9.17) is 22.9 Å². The van der Waals surface area contributed by atoms with E-state index >= 15 is 0 Å². The number of carbonyl (C=O) groups excluding carboxylic acids is 3. The Labute approximate surface area is 109 Å². The van der Waals surface area contributed by atoms with Gasteiger partial charge in [0.15, 0.2) is 0 Å². The minimum atomic E-state index is -0.735. The normalized spacial score (nSPS) is 9.89. The minimum Gasteiger partial charge on any atom is -0.399 e. The van der Waals surface area contributed by atoms with E-state index in [1.165, 1.54) is 23.1 Å². The van der Waals surface area contributed by atoms with Gasteiger partial charge in [0.2, 0.25) is 11.8 Å². The Hall–Kier alpha value is -2.77. The van der Waals surface area contributed by atoms with Gasteiger partial charge in [-0.05, 0) is 18.2 Å². The van der Waals surface area contributed by atoms with Crippen molar-refractivity contribution in [3.8, 4) is 0 Å². The molecule has 1 aromatic carbocycles. The fraction of sp³-hybridized carbons (Fsp3) is 0.182. The molecule has 8 N–H and O–H groups in total. The summed E-state index contributed by atoms with van der Waals surface area (Å²) < 4.78 is 0. The number of nitrogens with two attached hydrogens (primary N) is 4. The number of nitrogen functional groups attached to an aromatic ring is 1. The van der Waals surface area contributed by atoms with Gasteiger partial charge in [0, 0.05) is 5.69 Å². The van der Waals surface area contributed by atoms with Crippen molar-refractivity contribution in [2.75, 3.05) is 23.7 Å². The van der Waals surface area contributed by atoms with Crippen LogP contribution in [-0.4, -0.2) is 30.8 Å². The lowest BCUT2D eigenvalue weighted by Gasteiger charge is -2.23. The summed E-state index contributed by atoms with van der Waals surface area (Å²) in [4.78, 5) is 34.6. The highest BCUT2D eigenvalue weighted by atomic mass is 16.2. The monoisotopic (exact) mass is 265 g/mol. The van der Waals surface area contributed by atoms with Gasteiger partial charge in [0.1, 0.15) is 0 Å². The van der Waals surface area contributed by atoms with Gasteiger partial charge in [-0.15, -0.1) is 0 Å². The van der Waals surface area contributed by atoms with Gasteiger partial charge in [0.05, 0.1) is 24.3 Å². The molecule has 8 nitrogen and oxygen atoms in total. The van der Waals surface area contributed by atoms with E-state index in [9.17, 15) is 14.4 Å².